The van der Waals surface area contributed by atoms with Crippen LogP contribution in [0, 0.1) is 0 Å². The third-order valence-electron chi connectivity index (χ3n) is 4.91. The summed E-state index contributed by atoms with van der Waals surface area (Å²) in [6.07, 6.45) is 3.28. The zero-order chi connectivity index (χ0) is 18.7. The van der Waals surface area contributed by atoms with Gasteiger partial charge in [-0.2, -0.15) is 16.4 Å². The van der Waals surface area contributed by atoms with E-state index < -0.39 is 5.54 Å². The Kier molecular flexibility index (Phi) is 5.31. The predicted octanol–water partition coefficient (Wildman–Crippen LogP) is 1.59. The van der Waals surface area contributed by atoms with Gasteiger partial charge in [0.1, 0.15) is 11.4 Å². The molecule has 1 aliphatic rings. The number of carbonyl (C=O) groups is 2. The van der Waals surface area contributed by atoms with E-state index in [4.69, 9.17) is 0 Å². The number of carbonyl (C=O) groups excluding carboxylic acids is 2. The van der Waals surface area contributed by atoms with Gasteiger partial charge in [-0.25, -0.2) is 0 Å². The fraction of sp³-hybridized carbons (Fsp3) is 0.500. The van der Waals surface area contributed by atoms with Gasteiger partial charge < -0.3 is 15.1 Å². The van der Waals surface area contributed by atoms with Gasteiger partial charge in [0.15, 0.2) is 0 Å². The summed E-state index contributed by atoms with van der Waals surface area (Å²) >= 11 is 1.60. The van der Waals surface area contributed by atoms with Crippen molar-refractivity contribution in [3.8, 4) is 0 Å². The molecule has 0 radical (unpaired) electrons. The van der Waals surface area contributed by atoms with Crippen molar-refractivity contribution in [3.05, 3.63) is 34.7 Å². The quantitative estimate of drug-likeness (QED) is 0.862. The second-order valence-corrected chi connectivity index (χ2v) is 7.72. The normalized spacial score (nSPS) is 16.3. The Bertz CT molecular complexity index is 760. The van der Waals surface area contributed by atoms with Crippen LogP contribution in [0.25, 0.3) is 0 Å². The highest BCUT2D eigenvalue weighted by atomic mass is 32.1. The van der Waals surface area contributed by atoms with E-state index in [0.29, 0.717) is 32.4 Å². The fourth-order valence-corrected chi connectivity index (χ4v) is 4.05. The molecule has 1 N–H and O–H groups in total. The SMILES string of the molecule is CN(C)C(=O)C1(Nc2ccnn2C)CCN(C(=O)Cc2ccsc2)CC1. The molecule has 2 aromatic rings. The first kappa shape index (κ1) is 18.4. The number of hydrogen-bond donors (Lipinski definition) is 1. The zero-order valence-corrected chi connectivity index (χ0v) is 16.3. The summed E-state index contributed by atoms with van der Waals surface area (Å²) in [6.45, 7) is 1.13. The third kappa shape index (κ3) is 3.75. The first-order chi connectivity index (χ1) is 12.4. The van der Waals surface area contributed by atoms with E-state index in [9.17, 15) is 9.59 Å². The smallest absolute Gasteiger partial charge is 0.247 e. The lowest BCUT2D eigenvalue weighted by atomic mass is 9.85. The summed E-state index contributed by atoms with van der Waals surface area (Å²) < 4.78 is 1.72. The molecule has 8 heteroatoms. The number of rotatable bonds is 5. The van der Waals surface area contributed by atoms with Gasteiger partial charge in [-0.15, -0.1) is 0 Å². The number of hydrogen-bond acceptors (Lipinski definition) is 5. The van der Waals surface area contributed by atoms with Crippen LogP contribution in [-0.2, 0) is 23.1 Å². The fourth-order valence-electron chi connectivity index (χ4n) is 3.38. The summed E-state index contributed by atoms with van der Waals surface area (Å²) in [5, 5.41) is 11.6. The molecule has 0 saturated carbocycles. The maximum Gasteiger partial charge on any atom is 0.247 e. The second kappa shape index (κ2) is 7.49. The molecule has 1 saturated heterocycles. The summed E-state index contributed by atoms with van der Waals surface area (Å²) in [7, 11) is 5.38. The maximum absolute atomic E-state index is 12.9. The van der Waals surface area contributed by atoms with E-state index in [2.05, 4.69) is 10.4 Å². The van der Waals surface area contributed by atoms with Crippen LogP contribution in [0.2, 0.25) is 0 Å². The van der Waals surface area contributed by atoms with Crippen LogP contribution in [0.5, 0.6) is 0 Å². The number of nitrogens with zero attached hydrogens (tertiary/aromatic N) is 4. The number of amides is 2. The molecule has 0 atom stereocenters. The number of anilines is 1. The molecule has 0 spiro atoms. The van der Waals surface area contributed by atoms with Crippen molar-refractivity contribution >= 4 is 29.0 Å². The topological polar surface area (TPSA) is 70.5 Å². The van der Waals surface area contributed by atoms with Gasteiger partial charge in [0.05, 0.1) is 12.6 Å². The monoisotopic (exact) mass is 375 g/mol. The maximum atomic E-state index is 12.9. The highest BCUT2D eigenvalue weighted by molar-refractivity contribution is 7.08. The first-order valence-corrected chi connectivity index (χ1v) is 9.62. The van der Waals surface area contributed by atoms with E-state index in [0.717, 1.165) is 11.4 Å². The van der Waals surface area contributed by atoms with Gasteiger partial charge in [0.2, 0.25) is 11.8 Å². The molecule has 3 heterocycles. The lowest BCUT2D eigenvalue weighted by Crippen LogP contribution is -2.59. The van der Waals surface area contributed by atoms with E-state index in [-0.39, 0.29) is 11.8 Å². The number of nitrogens with one attached hydrogen (secondary N) is 1. The van der Waals surface area contributed by atoms with Crippen LogP contribution in [-0.4, -0.2) is 64.1 Å². The van der Waals surface area contributed by atoms with Crippen molar-refractivity contribution in [2.24, 2.45) is 7.05 Å². The second-order valence-electron chi connectivity index (χ2n) is 6.94. The Morgan fingerprint density at radius 2 is 2.04 bits per heavy atom. The molecular weight excluding hydrogens is 350 g/mol. The lowest BCUT2D eigenvalue weighted by Gasteiger charge is -2.42. The van der Waals surface area contributed by atoms with Crippen LogP contribution in [0.15, 0.2) is 29.1 Å². The third-order valence-corrected chi connectivity index (χ3v) is 5.64. The minimum Gasteiger partial charge on any atom is -0.356 e. The molecule has 1 aliphatic heterocycles. The molecule has 2 aromatic heterocycles. The molecule has 0 aliphatic carbocycles. The predicted molar refractivity (Wildman–Crippen MR) is 102 cm³/mol. The summed E-state index contributed by atoms with van der Waals surface area (Å²) in [4.78, 5) is 29.0. The van der Waals surface area contributed by atoms with Crippen molar-refractivity contribution in [1.29, 1.82) is 0 Å². The zero-order valence-electron chi connectivity index (χ0n) is 15.4. The van der Waals surface area contributed by atoms with Crippen molar-refractivity contribution < 1.29 is 9.59 Å². The Morgan fingerprint density at radius 1 is 1.31 bits per heavy atom. The van der Waals surface area contributed by atoms with Gasteiger partial charge in [-0.1, -0.05) is 0 Å². The molecule has 26 heavy (non-hydrogen) atoms. The Labute approximate surface area is 157 Å². The molecule has 0 unspecified atom stereocenters. The van der Waals surface area contributed by atoms with Crippen molar-refractivity contribution in [3.63, 3.8) is 0 Å². The van der Waals surface area contributed by atoms with Crippen molar-refractivity contribution in [2.75, 3.05) is 32.5 Å². The van der Waals surface area contributed by atoms with Crippen LogP contribution >= 0.6 is 11.3 Å². The molecule has 0 bridgehead atoms. The van der Waals surface area contributed by atoms with Crippen LogP contribution < -0.4 is 5.32 Å². The molecule has 140 valence electrons. The van der Waals surface area contributed by atoms with Gasteiger partial charge in [-0.3, -0.25) is 14.3 Å². The Balaban J connectivity index is 1.71. The number of aryl methyl sites for hydroxylation is 1. The number of likely N-dealkylation sites (tertiary alicyclic amines) is 1. The van der Waals surface area contributed by atoms with Gasteiger partial charge >= 0.3 is 0 Å². The summed E-state index contributed by atoms with van der Waals surface area (Å²) in [5.41, 5.74) is 0.338. The number of likely N-dealkylation sites (N-methyl/N-ethyl adjacent to an activating group) is 1. The average Bonchev–Trinajstić information content (AvgIpc) is 3.27. The molecule has 0 aromatic carbocycles. The number of aromatic nitrogens is 2. The van der Waals surface area contributed by atoms with Crippen molar-refractivity contribution in [2.45, 2.75) is 24.8 Å². The van der Waals surface area contributed by atoms with Crippen LogP contribution in [0.1, 0.15) is 18.4 Å². The van der Waals surface area contributed by atoms with Crippen LogP contribution in [0.3, 0.4) is 0 Å². The van der Waals surface area contributed by atoms with Gasteiger partial charge in [-0.05, 0) is 35.2 Å². The highest BCUT2D eigenvalue weighted by Gasteiger charge is 2.43. The summed E-state index contributed by atoms with van der Waals surface area (Å²) in [5.74, 6) is 0.955. The lowest BCUT2D eigenvalue weighted by molar-refractivity contribution is -0.139. The largest absolute Gasteiger partial charge is 0.356 e. The Hall–Kier alpha value is -2.35. The number of thiophene rings is 1. The first-order valence-electron chi connectivity index (χ1n) is 8.68. The van der Waals surface area contributed by atoms with Crippen LogP contribution in [0.4, 0.5) is 5.82 Å². The standard InChI is InChI=1S/C18H25N5O2S/c1-21(2)17(25)18(20-15-4-8-19-22(15)3)6-9-23(10-7-18)16(24)12-14-5-11-26-13-14/h4-5,8,11,13,20H,6-7,9-10,12H2,1-3H3. The minimum atomic E-state index is -0.712. The summed E-state index contributed by atoms with van der Waals surface area (Å²) in [6, 6.07) is 3.84. The van der Waals surface area contributed by atoms with E-state index >= 15 is 0 Å². The molecular formula is C18H25N5O2S. The average molecular weight is 375 g/mol. The van der Waals surface area contributed by atoms with Gasteiger partial charge in [0, 0.05) is 40.3 Å². The molecule has 3 rings (SSSR count). The van der Waals surface area contributed by atoms with E-state index in [1.54, 1.807) is 41.2 Å². The van der Waals surface area contributed by atoms with Gasteiger partial charge in [0.25, 0.3) is 0 Å². The molecule has 2 amide bonds. The van der Waals surface area contributed by atoms with E-state index in [1.165, 1.54) is 0 Å². The molecule has 1 fully saturated rings. The van der Waals surface area contributed by atoms with E-state index in [1.807, 2.05) is 34.8 Å². The molecule has 7 nitrogen and oxygen atoms in total. The Morgan fingerprint density at radius 3 is 2.58 bits per heavy atom. The minimum absolute atomic E-state index is 0.0311. The van der Waals surface area contributed by atoms with Crippen molar-refractivity contribution in [1.82, 2.24) is 19.6 Å². The highest BCUT2D eigenvalue weighted by Crippen LogP contribution is 2.29. The number of piperidine rings is 1.